The summed E-state index contributed by atoms with van der Waals surface area (Å²) in [6.45, 7) is 8.64. The molecule has 0 amide bonds. The van der Waals surface area contributed by atoms with E-state index in [2.05, 4.69) is 79.7 Å². The number of allylic oxidation sites excluding steroid dienone is 1. The molecule has 1 aromatic heterocycles. The van der Waals surface area contributed by atoms with Gasteiger partial charge in [-0.1, -0.05) is 94.9 Å². The average molecular weight is 1220 g/mol. The summed E-state index contributed by atoms with van der Waals surface area (Å²) in [5.74, 6) is 0.935. The highest BCUT2D eigenvalue weighted by molar-refractivity contribution is 5.94. The van der Waals surface area contributed by atoms with Gasteiger partial charge in [-0.15, -0.1) is 0 Å². The van der Waals surface area contributed by atoms with E-state index in [1.165, 1.54) is 49.7 Å². The highest BCUT2D eigenvalue weighted by atomic mass is 16.7. The monoisotopic (exact) mass is 1210 g/mol. The molecule has 10 saturated carbocycles. The largest absolute Gasteiger partial charge is 0.469 e. The fourth-order valence-electron chi connectivity index (χ4n) is 29.4. The van der Waals surface area contributed by atoms with E-state index in [0.29, 0.717) is 48.3 Å². The van der Waals surface area contributed by atoms with Crippen molar-refractivity contribution in [3.8, 4) is 0 Å². The Morgan fingerprint density at radius 1 is 0.831 bits per heavy atom. The molecular weight excluding hydrogens is 1120 g/mol. The number of cyclic esters (lactones) is 2. The molecule has 10 aliphatic carbocycles. The Balaban J connectivity index is 0.804. The molecule has 5 bridgehead atoms. The van der Waals surface area contributed by atoms with Crippen LogP contribution in [-0.4, -0.2) is 106 Å². The summed E-state index contributed by atoms with van der Waals surface area (Å²) in [7, 11) is 0. The number of aliphatic hydroxyl groups is 3. The molecule has 17 aliphatic rings. The lowest BCUT2D eigenvalue weighted by molar-refractivity contribution is -0.301. The molecule has 19 rings (SSSR count). The van der Waals surface area contributed by atoms with Crippen LogP contribution in [0, 0.1) is 122 Å². The van der Waals surface area contributed by atoms with E-state index in [0.717, 1.165) is 121 Å². The van der Waals surface area contributed by atoms with Crippen molar-refractivity contribution in [1.29, 1.82) is 0 Å². The standard InChI is InChI=1S/C76H98N2O11/c1-41-51-16-10-14-44(51)17-19-52(41)56-31-49-30-50-35-71(23-7-8-24-71)38-72(50)34-47-33-69(2)65(54-22-26-85-59(54)32-55(58(80)37-79)45-18-20-53-46(29-45)21-25-78-40-77-36-57(53)78)87-68(84)66-76(69,88-66)74(48-15-9-13-43(28-48)27-42-11-5-4-6-12-42)61(47)73-39-86-67(83)63(72)75(49,73)89-70(56,3)62(73)60(81)64(74)82/h4-6,11-12,21-22,25-26,31,41,43-48,50-53,55-58,61-66,77,79-80,82H,7-10,13-20,23-24,27-30,32-40H2,1-3H3/t41-,43+,44+,45+,46-,47-,48+,50+,51-,52-,53+,55+,56+,57+,58-,61-,62-,63+,64-,65+,66-,69+,70+,72-,73-,74+,75+,76-/m1/s1. The van der Waals surface area contributed by atoms with E-state index in [9.17, 15) is 15.3 Å². The first-order chi connectivity index (χ1) is 43.1. The van der Waals surface area contributed by atoms with Gasteiger partial charge in [-0.3, -0.25) is 14.9 Å². The molecular formula is C76H98N2O11. The molecule has 1 aromatic carbocycles. The van der Waals surface area contributed by atoms with E-state index in [1.54, 1.807) is 6.26 Å². The summed E-state index contributed by atoms with van der Waals surface area (Å²) in [4.78, 5) is 52.1. The third kappa shape index (κ3) is 6.89. The third-order valence-corrected chi connectivity index (χ3v) is 31.8. The SMILES string of the molecule is C[C@H]1[C@H]([C@@H]2C=C3C[C@H]4CC5(CCCC5)C[C@]45C[C@H]4C[C@@]6(C)[C@H](c7ccoc7C[C@@H]([C@H]7CC[C@H]8[C@H](C=CN9CNC[C@@H]89)C7)[C@H](O)CO)OC(=O)[C@H]7O[C@]76[C@]6([C@H]7CCC[C@@H](Cc8ccccc8)C7)[C@H](O)C(=O)[C@@H]7[C@@]2(C)O[C@]32[C@H]5C(=O)OC[C@@]72[C@@H]46)CC[C@@H]2CCC[C@@H]21. The highest BCUT2D eigenvalue weighted by Gasteiger charge is 2.99. The molecule has 5 spiro atoms. The number of rotatable bonds is 10. The molecule has 28 atom stereocenters. The third-order valence-electron chi connectivity index (χ3n) is 31.8. The second-order valence-corrected chi connectivity index (χ2v) is 34.6. The van der Waals surface area contributed by atoms with Crippen LogP contribution < -0.4 is 5.32 Å². The van der Waals surface area contributed by atoms with Gasteiger partial charge in [-0.25, -0.2) is 4.79 Å². The molecule has 89 heavy (non-hydrogen) atoms. The minimum atomic E-state index is -1.50. The maximum Gasteiger partial charge on any atom is 0.339 e. The molecule has 13 nitrogen and oxygen atoms in total. The number of nitrogens with zero attached hydrogens (tertiary/aromatic N) is 1. The summed E-state index contributed by atoms with van der Waals surface area (Å²) in [5.41, 5.74) is -3.94. The molecule has 8 heterocycles. The van der Waals surface area contributed by atoms with E-state index >= 15 is 14.4 Å². The van der Waals surface area contributed by atoms with Gasteiger partial charge in [0.15, 0.2) is 11.9 Å². The summed E-state index contributed by atoms with van der Waals surface area (Å²) in [6, 6.07) is 13.3. The lowest BCUT2D eigenvalue weighted by Crippen LogP contribution is -2.82. The van der Waals surface area contributed by atoms with Crippen LogP contribution in [0.25, 0.3) is 0 Å². The van der Waals surface area contributed by atoms with Crippen LogP contribution >= 0.6 is 0 Å². The van der Waals surface area contributed by atoms with Gasteiger partial charge in [0.05, 0.1) is 48.5 Å². The molecule has 5 saturated heterocycles. The van der Waals surface area contributed by atoms with Crippen LogP contribution in [-0.2, 0) is 46.2 Å². The number of carbonyl (C=O) groups is 3. The van der Waals surface area contributed by atoms with Crippen molar-refractivity contribution in [3.63, 3.8) is 0 Å². The number of hydrogen-bond donors (Lipinski definition) is 4. The van der Waals surface area contributed by atoms with Crippen LogP contribution in [0.3, 0.4) is 0 Å². The number of Topliss-reactive ketones (excluding diaryl/α,β-unsaturated/α-hetero) is 1. The minimum absolute atomic E-state index is 0.0607. The molecule has 15 fully saturated rings. The zero-order valence-electron chi connectivity index (χ0n) is 53.0. The van der Waals surface area contributed by atoms with Gasteiger partial charge < -0.3 is 43.6 Å². The predicted octanol–water partition coefficient (Wildman–Crippen LogP) is 11.0. The smallest absolute Gasteiger partial charge is 0.339 e. The van der Waals surface area contributed by atoms with Crippen molar-refractivity contribution in [1.82, 2.24) is 10.2 Å². The maximum absolute atomic E-state index is 17.7. The molecule has 7 aliphatic heterocycles. The lowest BCUT2D eigenvalue weighted by Gasteiger charge is -2.72. The number of esters is 2. The number of hydrogen-bond acceptors (Lipinski definition) is 13. The number of furan rings is 1. The Morgan fingerprint density at radius 2 is 1.66 bits per heavy atom. The molecule has 4 N–H and O–H groups in total. The molecule has 0 radical (unpaired) electrons. The Hall–Kier alpha value is -3.85. The zero-order chi connectivity index (χ0) is 60.1. The number of benzene rings is 1. The van der Waals surface area contributed by atoms with Gasteiger partial charge in [-0.05, 0) is 221 Å². The number of ether oxygens (including phenoxy) is 4. The van der Waals surface area contributed by atoms with Crippen LogP contribution in [0.15, 0.2) is 71.0 Å². The highest BCUT2D eigenvalue weighted by Crippen LogP contribution is 2.91. The Morgan fingerprint density at radius 3 is 2.51 bits per heavy atom. The van der Waals surface area contributed by atoms with Crippen molar-refractivity contribution >= 4 is 17.7 Å². The van der Waals surface area contributed by atoms with Gasteiger partial charge in [0.1, 0.15) is 35.8 Å². The van der Waals surface area contributed by atoms with Gasteiger partial charge in [0.2, 0.25) is 0 Å². The summed E-state index contributed by atoms with van der Waals surface area (Å²) < 4.78 is 37.3. The Bertz CT molecular complexity index is 3320. The number of carbonyl (C=O) groups excluding carboxylic acids is 3. The first-order valence-corrected chi connectivity index (χ1v) is 36.3. The number of aliphatic hydroxyl groups excluding tert-OH is 3. The fraction of sp³-hybridized carbons (Fsp3) is 0.776. The van der Waals surface area contributed by atoms with Gasteiger partial charge >= 0.3 is 11.9 Å². The summed E-state index contributed by atoms with van der Waals surface area (Å²) >= 11 is 0. The van der Waals surface area contributed by atoms with Crippen LogP contribution in [0.4, 0.5) is 0 Å². The molecule has 13 heteroatoms. The second-order valence-electron chi connectivity index (χ2n) is 34.6. The average Bonchev–Trinajstić information content (AvgIpc) is 1.44. The molecule has 478 valence electrons. The lowest BCUT2D eigenvalue weighted by atomic mass is 9.29. The van der Waals surface area contributed by atoms with Crippen LogP contribution in [0.2, 0.25) is 0 Å². The Kier molecular flexibility index (Phi) is 12.2. The first kappa shape index (κ1) is 56.7. The summed E-state index contributed by atoms with van der Waals surface area (Å²) in [5, 5.41) is 41.5. The number of ketones is 1. The van der Waals surface area contributed by atoms with Crippen molar-refractivity contribution < 1.29 is 53.1 Å². The van der Waals surface area contributed by atoms with Crippen molar-refractivity contribution in [2.24, 2.45) is 122 Å². The van der Waals surface area contributed by atoms with E-state index in [4.69, 9.17) is 23.4 Å². The Labute approximate surface area is 526 Å². The van der Waals surface area contributed by atoms with Crippen molar-refractivity contribution in [3.05, 3.63) is 83.5 Å². The van der Waals surface area contributed by atoms with Gasteiger partial charge in [0, 0.05) is 41.3 Å². The van der Waals surface area contributed by atoms with Crippen LogP contribution in [0.1, 0.15) is 179 Å². The van der Waals surface area contributed by atoms with Gasteiger partial charge in [0.25, 0.3) is 0 Å². The van der Waals surface area contributed by atoms with Crippen LogP contribution in [0.5, 0.6) is 0 Å². The molecule has 2 aromatic rings. The minimum Gasteiger partial charge on any atom is -0.469 e. The number of fused-ring (bicyclic) bond motifs is 6. The maximum atomic E-state index is 17.7. The predicted molar refractivity (Wildman–Crippen MR) is 328 cm³/mol. The fourth-order valence-corrected chi connectivity index (χ4v) is 29.4. The molecule has 0 unspecified atom stereocenters. The quantitative estimate of drug-likeness (QED) is 0.100. The van der Waals surface area contributed by atoms with Gasteiger partial charge in [-0.2, -0.15) is 0 Å². The van der Waals surface area contributed by atoms with Crippen molar-refractivity contribution in [2.45, 2.75) is 216 Å². The first-order valence-electron chi connectivity index (χ1n) is 36.3. The number of nitrogens with one attached hydrogen (secondary N) is 1. The van der Waals surface area contributed by atoms with E-state index in [1.807, 2.05) is 6.07 Å². The topological polar surface area (TPSA) is 181 Å². The zero-order valence-corrected chi connectivity index (χ0v) is 53.0. The second kappa shape index (κ2) is 19.2. The number of epoxide rings is 1. The summed E-state index contributed by atoms with van der Waals surface area (Å²) in [6.07, 6.45) is 27.3. The van der Waals surface area contributed by atoms with E-state index < -0.39 is 86.6 Å². The van der Waals surface area contributed by atoms with E-state index in [-0.39, 0.29) is 77.7 Å². The normalized spacial score (nSPS) is 52.7. The van der Waals surface area contributed by atoms with Crippen molar-refractivity contribution in [2.75, 3.05) is 26.4 Å².